The van der Waals surface area contributed by atoms with E-state index >= 15 is 0 Å². The summed E-state index contributed by atoms with van der Waals surface area (Å²) >= 11 is 0. The fourth-order valence-corrected chi connectivity index (χ4v) is 4.99. The normalized spacial score (nSPS) is 17.4. The third-order valence-corrected chi connectivity index (χ3v) is 6.87. The number of carbonyl (C=O) groups excluding carboxylic acids is 4. The molecule has 3 aromatic rings. The second kappa shape index (κ2) is 10.9. The molecule has 40 heavy (non-hydrogen) atoms. The van der Waals surface area contributed by atoms with Crippen LogP contribution in [0.3, 0.4) is 0 Å². The zero-order valence-electron chi connectivity index (χ0n) is 22.8. The predicted molar refractivity (Wildman–Crippen MR) is 150 cm³/mol. The monoisotopic (exact) mass is 537 g/mol. The van der Waals surface area contributed by atoms with Crippen molar-refractivity contribution in [1.29, 1.82) is 0 Å². The summed E-state index contributed by atoms with van der Waals surface area (Å²) in [4.78, 5) is 58.7. The van der Waals surface area contributed by atoms with E-state index in [0.717, 1.165) is 33.7 Å². The number of piperidine rings is 1. The van der Waals surface area contributed by atoms with Gasteiger partial charge in [0.1, 0.15) is 11.6 Å². The van der Waals surface area contributed by atoms with Gasteiger partial charge in [0.15, 0.2) is 0 Å². The van der Waals surface area contributed by atoms with Crippen LogP contribution < -0.4 is 0 Å². The maximum Gasteiger partial charge on any atom is 0.424 e. The van der Waals surface area contributed by atoms with Gasteiger partial charge in [-0.15, -0.1) is 0 Å². The van der Waals surface area contributed by atoms with Gasteiger partial charge in [0.2, 0.25) is 11.8 Å². The van der Waals surface area contributed by atoms with Gasteiger partial charge in [-0.2, -0.15) is 4.90 Å². The van der Waals surface area contributed by atoms with E-state index in [1.54, 1.807) is 20.8 Å². The Balaban J connectivity index is 1.44. The quantitative estimate of drug-likeness (QED) is 0.337. The Morgan fingerprint density at radius 1 is 0.850 bits per heavy atom. The lowest BCUT2D eigenvalue weighted by Gasteiger charge is -2.39. The lowest BCUT2D eigenvalue weighted by Crippen LogP contribution is -2.59. The first-order chi connectivity index (χ1) is 19.1. The van der Waals surface area contributed by atoms with Crippen LogP contribution in [0.1, 0.15) is 55.9 Å². The number of fused-ring (bicyclic) bond motifs is 1. The molecule has 2 aliphatic heterocycles. The van der Waals surface area contributed by atoms with Crippen LogP contribution in [-0.4, -0.2) is 51.0 Å². The van der Waals surface area contributed by atoms with Crippen molar-refractivity contribution in [1.82, 2.24) is 9.80 Å². The summed E-state index contributed by atoms with van der Waals surface area (Å²) in [6.45, 7) is 5.16. The topological polar surface area (TPSA) is 96.3 Å². The molecular weight excluding hydrogens is 506 g/mol. The second-order valence-electron chi connectivity index (χ2n) is 10.9. The minimum atomic E-state index is -1.01. The minimum absolute atomic E-state index is 0.0336. The Morgan fingerprint density at radius 3 is 2.08 bits per heavy atom. The number of hydrogen-bond acceptors (Lipinski definition) is 6. The van der Waals surface area contributed by atoms with Crippen LogP contribution in [0, 0.1) is 0 Å². The van der Waals surface area contributed by atoms with Crippen molar-refractivity contribution in [2.24, 2.45) is 4.99 Å². The van der Waals surface area contributed by atoms with E-state index in [0.29, 0.717) is 4.90 Å². The number of aliphatic imine (C=N–C) groups is 1. The molecule has 1 atom stereocenters. The van der Waals surface area contributed by atoms with E-state index in [-0.39, 0.29) is 31.7 Å². The SMILES string of the molecule is CC(C)(C)OC(=O)N1C(=O)CCC(N2Cc3cc(N=C(c4ccccc4)c4ccccc4)ccc3CC2=O)C1=O. The molecule has 8 heteroatoms. The van der Waals surface area contributed by atoms with Gasteiger partial charge in [-0.3, -0.25) is 14.4 Å². The van der Waals surface area contributed by atoms with Crippen LogP contribution in [0.15, 0.2) is 83.9 Å². The summed E-state index contributed by atoms with van der Waals surface area (Å²) in [7, 11) is 0. The molecule has 4 amide bonds. The highest BCUT2D eigenvalue weighted by Crippen LogP contribution is 2.30. The number of likely N-dealkylation sites (tertiary alicyclic amines) is 1. The molecule has 1 saturated heterocycles. The van der Waals surface area contributed by atoms with E-state index in [9.17, 15) is 19.2 Å². The van der Waals surface area contributed by atoms with Gasteiger partial charge in [0.25, 0.3) is 5.91 Å². The number of hydrogen-bond donors (Lipinski definition) is 0. The Morgan fingerprint density at radius 2 is 1.48 bits per heavy atom. The molecule has 0 aliphatic carbocycles. The smallest absolute Gasteiger partial charge is 0.424 e. The number of amides is 4. The second-order valence-corrected chi connectivity index (χ2v) is 10.9. The maximum absolute atomic E-state index is 13.3. The lowest BCUT2D eigenvalue weighted by atomic mass is 9.94. The van der Waals surface area contributed by atoms with Crippen LogP contribution in [0.4, 0.5) is 10.5 Å². The lowest BCUT2D eigenvalue weighted by molar-refractivity contribution is -0.156. The van der Waals surface area contributed by atoms with Crippen molar-refractivity contribution in [2.75, 3.05) is 0 Å². The Kier molecular flexibility index (Phi) is 7.34. The van der Waals surface area contributed by atoms with E-state index in [2.05, 4.69) is 0 Å². The maximum atomic E-state index is 13.3. The average Bonchev–Trinajstić information content (AvgIpc) is 2.92. The molecule has 1 fully saturated rings. The molecule has 2 heterocycles. The minimum Gasteiger partial charge on any atom is -0.443 e. The van der Waals surface area contributed by atoms with Crippen molar-refractivity contribution in [3.05, 3.63) is 101 Å². The summed E-state index contributed by atoms with van der Waals surface area (Å²) in [5, 5.41) is 0. The number of ether oxygens (including phenoxy) is 1. The van der Waals surface area contributed by atoms with Gasteiger partial charge in [-0.05, 0) is 50.5 Å². The van der Waals surface area contributed by atoms with Gasteiger partial charge in [-0.1, -0.05) is 66.7 Å². The molecule has 1 unspecified atom stereocenters. The van der Waals surface area contributed by atoms with Crippen molar-refractivity contribution in [3.63, 3.8) is 0 Å². The number of benzene rings is 3. The molecule has 0 N–H and O–H groups in total. The van der Waals surface area contributed by atoms with Gasteiger partial charge < -0.3 is 9.64 Å². The van der Waals surface area contributed by atoms with Gasteiger partial charge in [0.05, 0.1) is 17.8 Å². The summed E-state index contributed by atoms with van der Waals surface area (Å²) in [5.74, 6) is -1.58. The summed E-state index contributed by atoms with van der Waals surface area (Å²) in [5.41, 5.74) is 4.35. The van der Waals surface area contributed by atoms with Crippen molar-refractivity contribution >= 4 is 35.2 Å². The van der Waals surface area contributed by atoms with Crippen molar-refractivity contribution in [2.45, 2.75) is 58.2 Å². The van der Waals surface area contributed by atoms with Gasteiger partial charge in [-0.25, -0.2) is 9.79 Å². The molecule has 0 spiro atoms. The van der Waals surface area contributed by atoms with Crippen LogP contribution in [0.2, 0.25) is 0 Å². The Labute approximate surface area is 233 Å². The van der Waals surface area contributed by atoms with Crippen LogP contribution >= 0.6 is 0 Å². The van der Waals surface area contributed by atoms with E-state index in [1.165, 1.54) is 4.90 Å². The molecule has 0 bridgehead atoms. The van der Waals surface area contributed by atoms with Crippen LogP contribution in [0.25, 0.3) is 0 Å². The number of carbonyl (C=O) groups is 4. The standard InChI is InChI=1S/C32H31N3O5/c1-32(2,3)40-31(39)35-27(36)17-16-26(30(35)38)34-20-24-18-25(15-14-23(24)19-28(34)37)33-29(21-10-6-4-7-11-21)22-12-8-5-9-13-22/h4-15,18,26H,16-17,19-20H2,1-3H3. The first kappa shape index (κ1) is 27.0. The predicted octanol–water partition coefficient (Wildman–Crippen LogP) is 5.19. The molecule has 204 valence electrons. The third kappa shape index (κ3) is 5.71. The molecule has 3 aromatic carbocycles. The van der Waals surface area contributed by atoms with Crippen molar-refractivity contribution < 1.29 is 23.9 Å². The Bertz CT molecular complexity index is 1450. The Hall–Kier alpha value is -4.59. The molecular formula is C32H31N3O5. The summed E-state index contributed by atoms with van der Waals surface area (Å²) in [6, 6.07) is 24.6. The first-order valence-corrected chi connectivity index (χ1v) is 13.3. The zero-order chi connectivity index (χ0) is 28.4. The van der Waals surface area contributed by atoms with E-state index in [1.807, 2.05) is 78.9 Å². The molecule has 5 rings (SSSR count). The van der Waals surface area contributed by atoms with E-state index in [4.69, 9.17) is 9.73 Å². The van der Waals surface area contributed by atoms with Crippen LogP contribution in [-0.2, 0) is 32.1 Å². The third-order valence-electron chi connectivity index (χ3n) is 6.87. The molecule has 0 radical (unpaired) electrons. The highest BCUT2D eigenvalue weighted by atomic mass is 16.6. The summed E-state index contributed by atoms with van der Waals surface area (Å²) < 4.78 is 5.29. The zero-order valence-corrected chi connectivity index (χ0v) is 22.8. The van der Waals surface area contributed by atoms with Crippen molar-refractivity contribution in [3.8, 4) is 0 Å². The number of nitrogens with zero attached hydrogens (tertiary/aromatic N) is 3. The molecule has 8 nitrogen and oxygen atoms in total. The average molecular weight is 538 g/mol. The highest BCUT2D eigenvalue weighted by molar-refractivity contribution is 6.14. The first-order valence-electron chi connectivity index (χ1n) is 13.3. The van der Waals surface area contributed by atoms with Crippen LogP contribution in [0.5, 0.6) is 0 Å². The van der Waals surface area contributed by atoms with Gasteiger partial charge in [0, 0.05) is 24.1 Å². The molecule has 2 aliphatic rings. The number of rotatable bonds is 4. The molecule has 0 saturated carbocycles. The highest BCUT2D eigenvalue weighted by Gasteiger charge is 2.45. The fourth-order valence-electron chi connectivity index (χ4n) is 4.99. The van der Waals surface area contributed by atoms with E-state index < -0.39 is 29.6 Å². The molecule has 0 aromatic heterocycles. The van der Waals surface area contributed by atoms with Gasteiger partial charge >= 0.3 is 6.09 Å². The number of imide groups is 3. The fraction of sp³-hybridized carbons (Fsp3) is 0.281. The largest absolute Gasteiger partial charge is 0.443 e. The summed E-state index contributed by atoms with van der Waals surface area (Å²) in [6.07, 6.45) is -0.771.